The van der Waals surface area contributed by atoms with Crippen molar-refractivity contribution < 1.29 is 9.47 Å². The predicted molar refractivity (Wildman–Crippen MR) is 118 cm³/mol. The molecule has 2 saturated heterocycles. The van der Waals surface area contributed by atoms with Gasteiger partial charge in [-0.2, -0.15) is 4.37 Å². The normalized spacial score (nSPS) is 24.1. The number of aromatic nitrogens is 1. The first-order chi connectivity index (χ1) is 14.3. The minimum Gasteiger partial charge on any atom is -0.493 e. The lowest BCUT2D eigenvalue weighted by molar-refractivity contribution is 0.117. The van der Waals surface area contributed by atoms with Crippen LogP contribution in [0.5, 0.6) is 11.5 Å². The van der Waals surface area contributed by atoms with Crippen molar-refractivity contribution in [3.8, 4) is 11.5 Å². The second-order valence-corrected chi connectivity index (χ2v) is 9.01. The van der Waals surface area contributed by atoms with Crippen molar-refractivity contribution in [2.24, 2.45) is 0 Å². The van der Waals surface area contributed by atoms with Gasteiger partial charge in [-0.05, 0) is 61.8 Å². The number of rotatable bonds is 7. The number of ether oxygens (including phenoxy) is 2. The Labute approximate surface area is 176 Å². The van der Waals surface area contributed by atoms with Crippen LogP contribution in [0.3, 0.4) is 0 Å². The number of hydrogen-bond donors (Lipinski definition) is 0. The Morgan fingerprint density at radius 3 is 2.52 bits per heavy atom. The van der Waals surface area contributed by atoms with Gasteiger partial charge in [-0.1, -0.05) is 30.3 Å². The first-order valence-electron chi connectivity index (χ1n) is 10.7. The van der Waals surface area contributed by atoms with Gasteiger partial charge >= 0.3 is 0 Å². The molecule has 29 heavy (non-hydrogen) atoms. The molecule has 1 aromatic heterocycles. The summed E-state index contributed by atoms with van der Waals surface area (Å²) in [4.78, 5) is 2.75. The van der Waals surface area contributed by atoms with Crippen molar-refractivity contribution in [1.29, 1.82) is 0 Å². The molecule has 2 aliphatic heterocycles. The Bertz CT molecular complexity index is 958. The van der Waals surface area contributed by atoms with Gasteiger partial charge < -0.3 is 9.47 Å². The molecular weight excluding hydrogens is 380 g/mol. The molecule has 2 bridgehead atoms. The second-order valence-electron chi connectivity index (χ2n) is 8.21. The first kappa shape index (κ1) is 18.9. The van der Waals surface area contributed by atoms with Crippen LogP contribution < -0.4 is 9.47 Å². The van der Waals surface area contributed by atoms with Gasteiger partial charge in [-0.3, -0.25) is 4.90 Å². The summed E-state index contributed by atoms with van der Waals surface area (Å²) in [6, 6.07) is 18.0. The van der Waals surface area contributed by atoms with E-state index in [0.717, 1.165) is 31.1 Å². The molecule has 2 fully saturated rings. The Morgan fingerprint density at radius 1 is 1.00 bits per heavy atom. The van der Waals surface area contributed by atoms with Crippen LogP contribution in [-0.4, -0.2) is 41.6 Å². The summed E-state index contributed by atoms with van der Waals surface area (Å²) in [6.45, 7) is 1.85. The third-order valence-electron chi connectivity index (χ3n) is 6.56. The zero-order valence-corrected chi connectivity index (χ0v) is 17.7. The number of fused-ring (bicyclic) bond motifs is 3. The van der Waals surface area contributed by atoms with E-state index in [4.69, 9.17) is 13.8 Å². The highest BCUT2D eigenvalue weighted by molar-refractivity contribution is 7.13. The smallest absolute Gasteiger partial charge is 0.161 e. The number of piperidine rings is 1. The van der Waals surface area contributed by atoms with Gasteiger partial charge in [0.15, 0.2) is 11.5 Å². The number of hydrogen-bond acceptors (Lipinski definition) is 5. The van der Waals surface area contributed by atoms with E-state index >= 15 is 0 Å². The Morgan fingerprint density at radius 2 is 1.72 bits per heavy atom. The van der Waals surface area contributed by atoms with Crippen molar-refractivity contribution in [3.63, 3.8) is 0 Å². The summed E-state index contributed by atoms with van der Waals surface area (Å²) in [5, 5.41) is 1.38. The Kier molecular flexibility index (Phi) is 5.42. The maximum Gasteiger partial charge on any atom is 0.161 e. The quantitative estimate of drug-likeness (QED) is 0.485. The van der Waals surface area contributed by atoms with Gasteiger partial charge in [0, 0.05) is 29.9 Å². The molecule has 0 saturated carbocycles. The van der Waals surface area contributed by atoms with E-state index in [0.29, 0.717) is 18.0 Å². The number of para-hydroxylation sites is 2. The van der Waals surface area contributed by atoms with Crippen LogP contribution in [-0.2, 0) is 0 Å². The van der Waals surface area contributed by atoms with Gasteiger partial charge in [-0.15, -0.1) is 0 Å². The molecule has 5 rings (SSSR count). The fourth-order valence-corrected chi connectivity index (χ4v) is 6.08. The van der Waals surface area contributed by atoms with E-state index in [2.05, 4.69) is 29.2 Å². The average molecular weight is 409 g/mol. The third-order valence-corrected chi connectivity index (χ3v) is 7.40. The molecule has 0 spiro atoms. The molecule has 0 radical (unpaired) electrons. The lowest BCUT2D eigenvalue weighted by Gasteiger charge is -2.38. The van der Waals surface area contributed by atoms with E-state index in [1.807, 2.05) is 24.3 Å². The number of benzene rings is 2. The lowest BCUT2D eigenvalue weighted by atomic mass is 9.87. The topological polar surface area (TPSA) is 34.6 Å². The van der Waals surface area contributed by atoms with Crippen LogP contribution in [0.2, 0.25) is 0 Å². The molecule has 2 aliphatic rings. The summed E-state index contributed by atoms with van der Waals surface area (Å²) in [5.74, 6) is 2.26. The maximum atomic E-state index is 5.98. The zero-order chi connectivity index (χ0) is 19.6. The van der Waals surface area contributed by atoms with E-state index in [-0.39, 0.29) is 0 Å². The molecule has 2 aromatic carbocycles. The van der Waals surface area contributed by atoms with Crippen LogP contribution in [0.15, 0.2) is 48.5 Å². The molecule has 3 aromatic rings. The number of methoxy groups -OCH3 is 1. The van der Waals surface area contributed by atoms with Gasteiger partial charge in [0.25, 0.3) is 0 Å². The summed E-state index contributed by atoms with van der Waals surface area (Å²) < 4.78 is 17.5. The molecule has 0 aliphatic carbocycles. The van der Waals surface area contributed by atoms with Gasteiger partial charge in [0.2, 0.25) is 0 Å². The zero-order valence-electron chi connectivity index (χ0n) is 16.9. The van der Waals surface area contributed by atoms with Crippen LogP contribution in [0.25, 0.3) is 10.1 Å². The van der Waals surface area contributed by atoms with Crippen molar-refractivity contribution in [1.82, 2.24) is 9.27 Å². The second kappa shape index (κ2) is 8.33. The summed E-state index contributed by atoms with van der Waals surface area (Å²) in [7, 11) is 1.69. The van der Waals surface area contributed by atoms with Crippen molar-refractivity contribution in [2.45, 2.75) is 50.1 Å². The van der Waals surface area contributed by atoms with Gasteiger partial charge in [-0.25, -0.2) is 0 Å². The van der Waals surface area contributed by atoms with E-state index in [1.54, 1.807) is 18.6 Å². The molecule has 2 atom stereocenters. The van der Waals surface area contributed by atoms with Crippen molar-refractivity contribution in [2.75, 3.05) is 20.3 Å². The average Bonchev–Trinajstić information content (AvgIpc) is 3.29. The molecule has 2 unspecified atom stereocenters. The minimum absolute atomic E-state index is 0.615. The van der Waals surface area contributed by atoms with E-state index in [1.165, 1.54) is 41.5 Å². The molecular formula is C24H28N2O2S. The van der Waals surface area contributed by atoms with E-state index in [9.17, 15) is 0 Å². The fourth-order valence-electron chi connectivity index (χ4n) is 5.23. The molecule has 5 heteroatoms. The Hall–Kier alpha value is -2.11. The van der Waals surface area contributed by atoms with E-state index < -0.39 is 0 Å². The van der Waals surface area contributed by atoms with Crippen LogP contribution in [0.1, 0.15) is 43.7 Å². The highest BCUT2D eigenvalue weighted by Crippen LogP contribution is 2.44. The lowest BCUT2D eigenvalue weighted by Crippen LogP contribution is -2.43. The monoisotopic (exact) mass is 408 g/mol. The molecule has 3 heterocycles. The molecule has 4 nitrogen and oxygen atoms in total. The van der Waals surface area contributed by atoms with Gasteiger partial charge in [0.1, 0.15) is 0 Å². The minimum atomic E-state index is 0.615. The third kappa shape index (κ3) is 3.74. The van der Waals surface area contributed by atoms with Crippen LogP contribution >= 0.6 is 11.5 Å². The summed E-state index contributed by atoms with van der Waals surface area (Å²) in [5.41, 5.74) is 1.35. The Balaban J connectivity index is 1.18. The summed E-state index contributed by atoms with van der Waals surface area (Å²) in [6.07, 6.45) is 6.21. The summed E-state index contributed by atoms with van der Waals surface area (Å²) >= 11 is 1.66. The van der Waals surface area contributed by atoms with Crippen LogP contribution in [0.4, 0.5) is 0 Å². The number of nitrogens with zero attached hydrogens (tertiary/aromatic N) is 2. The van der Waals surface area contributed by atoms with Crippen LogP contribution in [0, 0.1) is 0 Å². The maximum absolute atomic E-state index is 5.98. The highest BCUT2D eigenvalue weighted by Gasteiger charge is 2.41. The van der Waals surface area contributed by atoms with Crippen molar-refractivity contribution in [3.05, 3.63) is 54.2 Å². The molecule has 0 amide bonds. The first-order valence-corrected chi connectivity index (χ1v) is 11.5. The highest BCUT2D eigenvalue weighted by atomic mass is 32.1. The largest absolute Gasteiger partial charge is 0.493 e. The molecule has 0 N–H and O–H groups in total. The predicted octanol–water partition coefficient (Wildman–Crippen LogP) is 5.48. The fraction of sp³-hybridized carbons (Fsp3) is 0.458. The SMILES string of the molecule is COc1ccccc1OCCCN1C2CCC1CC(c1nsc3ccccc13)C2. The van der Waals surface area contributed by atoms with Crippen molar-refractivity contribution >= 4 is 21.6 Å². The molecule has 152 valence electrons. The van der Waals surface area contributed by atoms with Gasteiger partial charge in [0.05, 0.1) is 24.1 Å². The standard InChI is InChI=1S/C24H28N2O2S/c1-27-21-8-3-4-9-22(21)28-14-6-13-26-18-11-12-19(26)16-17(15-18)24-20-7-2-5-10-23(20)29-25-24/h2-5,7-10,17-19H,6,11-16H2,1H3.